The molecule has 8 heteroatoms. The number of primary amides is 1. The third-order valence-electron chi connectivity index (χ3n) is 6.03. The quantitative estimate of drug-likeness (QED) is 0.514. The van der Waals surface area contributed by atoms with Crippen LogP contribution in [0.1, 0.15) is 10.5 Å². The topological polar surface area (TPSA) is 97.4 Å². The van der Waals surface area contributed by atoms with Gasteiger partial charge in [0.25, 0.3) is 5.91 Å². The van der Waals surface area contributed by atoms with Gasteiger partial charge in [0, 0.05) is 67.0 Å². The van der Waals surface area contributed by atoms with Crippen molar-refractivity contribution in [1.82, 2.24) is 19.4 Å². The van der Waals surface area contributed by atoms with Crippen molar-refractivity contribution in [3.8, 4) is 11.1 Å². The highest BCUT2D eigenvalue weighted by Gasteiger charge is 2.23. The van der Waals surface area contributed by atoms with Crippen LogP contribution < -0.4 is 10.6 Å². The number of carbonyl (C=O) groups excluding carboxylic acids is 2. The number of hydrogen-bond donors (Lipinski definition) is 1. The molecule has 0 unspecified atom stereocenters. The number of para-hydroxylation sites is 1. The second-order valence-electron chi connectivity index (χ2n) is 8.04. The summed E-state index contributed by atoms with van der Waals surface area (Å²) in [6.45, 7) is 3.06. The minimum absolute atomic E-state index is 0.0947. The summed E-state index contributed by atoms with van der Waals surface area (Å²) in [7, 11) is 0. The van der Waals surface area contributed by atoms with E-state index in [1.807, 2.05) is 58.1 Å². The van der Waals surface area contributed by atoms with Gasteiger partial charge < -0.3 is 20.1 Å². The van der Waals surface area contributed by atoms with Gasteiger partial charge in [-0.1, -0.05) is 24.3 Å². The molecule has 166 valence electrons. The Balaban J connectivity index is 1.27. The molecule has 8 nitrogen and oxygen atoms in total. The number of rotatable bonds is 5. The first-order chi connectivity index (χ1) is 16.1. The highest BCUT2D eigenvalue weighted by Crippen LogP contribution is 2.31. The van der Waals surface area contributed by atoms with Crippen LogP contribution in [-0.4, -0.2) is 57.4 Å². The molecule has 1 aliphatic heterocycles. The third-order valence-corrected chi connectivity index (χ3v) is 6.03. The molecule has 5 rings (SSSR count). The average molecular weight is 441 g/mol. The SMILES string of the molecule is NC(=O)c1ccc(-c2ccccc2N2CCN(C(=O)Cn3ccc4cccnc43)CC2)cn1. The average Bonchev–Trinajstić information content (AvgIpc) is 3.27. The van der Waals surface area contributed by atoms with Gasteiger partial charge in [0.2, 0.25) is 5.91 Å². The van der Waals surface area contributed by atoms with Gasteiger partial charge in [0.15, 0.2) is 0 Å². The van der Waals surface area contributed by atoms with E-state index in [9.17, 15) is 9.59 Å². The number of pyridine rings is 2. The summed E-state index contributed by atoms with van der Waals surface area (Å²) in [5.74, 6) is -0.448. The molecule has 0 spiro atoms. The summed E-state index contributed by atoms with van der Waals surface area (Å²) in [6, 6.07) is 17.5. The standard InChI is InChI=1S/C25H24N6O2/c26-24(33)21-8-7-19(16-28-21)20-5-1-2-6-22(20)29-12-14-30(15-13-29)23(32)17-31-11-9-18-4-3-10-27-25(18)31/h1-11,16H,12-15,17H2,(H2,26,33). The van der Waals surface area contributed by atoms with Crippen LogP contribution in [0.4, 0.5) is 5.69 Å². The fourth-order valence-electron chi connectivity index (χ4n) is 4.28. The van der Waals surface area contributed by atoms with Crippen molar-refractivity contribution < 1.29 is 9.59 Å². The molecule has 0 atom stereocenters. The first-order valence-electron chi connectivity index (χ1n) is 10.9. The van der Waals surface area contributed by atoms with E-state index in [2.05, 4.69) is 20.9 Å². The molecule has 1 aliphatic rings. The highest BCUT2D eigenvalue weighted by molar-refractivity contribution is 5.91. The summed E-state index contributed by atoms with van der Waals surface area (Å²) in [4.78, 5) is 37.0. The lowest BCUT2D eigenvalue weighted by Crippen LogP contribution is -2.49. The number of anilines is 1. The van der Waals surface area contributed by atoms with Gasteiger partial charge in [-0.3, -0.25) is 14.6 Å². The van der Waals surface area contributed by atoms with Crippen molar-refractivity contribution in [2.75, 3.05) is 31.1 Å². The van der Waals surface area contributed by atoms with Gasteiger partial charge >= 0.3 is 0 Å². The first-order valence-corrected chi connectivity index (χ1v) is 10.9. The van der Waals surface area contributed by atoms with Crippen LogP contribution in [0.3, 0.4) is 0 Å². The molecule has 0 bridgehead atoms. The first kappa shape index (κ1) is 20.7. The number of nitrogens with two attached hydrogens (primary N) is 1. The van der Waals surface area contributed by atoms with E-state index < -0.39 is 5.91 Å². The van der Waals surface area contributed by atoms with Gasteiger partial charge in [0.1, 0.15) is 17.9 Å². The molecule has 2 N–H and O–H groups in total. The number of amides is 2. The summed E-state index contributed by atoms with van der Waals surface area (Å²) in [5, 5.41) is 1.03. The molecular formula is C25H24N6O2. The maximum atomic E-state index is 12.9. The molecule has 4 heterocycles. The molecule has 0 saturated carbocycles. The van der Waals surface area contributed by atoms with E-state index in [1.54, 1.807) is 18.5 Å². The maximum absolute atomic E-state index is 12.9. The molecule has 2 amide bonds. The predicted octanol–water partition coefficient (Wildman–Crippen LogP) is 2.55. The molecule has 1 fully saturated rings. The Labute approximate surface area is 191 Å². The zero-order valence-electron chi connectivity index (χ0n) is 18.1. The second kappa shape index (κ2) is 8.74. The lowest BCUT2D eigenvalue weighted by molar-refractivity contribution is -0.132. The van der Waals surface area contributed by atoms with Crippen molar-refractivity contribution >= 4 is 28.5 Å². The number of fused-ring (bicyclic) bond motifs is 1. The van der Waals surface area contributed by atoms with Gasteiger partial charge in [-0.05, 0) is 30.3 Å². The van der Waals surface area contributed by atoms with Gasteiger partial charge in [-0.15, -0.1) is 0 Å². The molecule has 33 heavy (non-hydrogen) atoms. The Morgan fingerprint density at radius 3 is 2.48 bits per heavy atom. The number of nitrogens with zero attached hydrogens (tertiary/aromatic N) is 5. The van der Waals surface area contributed by atoms with Crippen LogP contribution in [-0.2, 0) is 11.3 Å². The van der Waals surface area contributed by atoms with E-state index >= 15 is 0 Å². The Bertz CT molecular complexity index is 1310. The normalized spacial score (nSPS) is 13.9. The van der Waals surface area contributed by atoms with Crippen LogP contribution in [0, 0.1) is 0 Å². The number of benzene rings is 1. The smallest absolute Gasteiger partial charge is 0.267 e. The molecule has 1 saturated heterocycles. The zero-order chi connectivity index (χ0) is 22.8. The number of carbonyl (C=O) groups is 2. The maximum Gasteiger partial charge on any atom is 0.267 e. The lowest BCUT2D eigenvalue weighted by Gasteiger charge is -2.37. The summed E-state index contributed by atoms with van der Waals surface area (Å²) in [5.41, 5.74) is 9.42. The molecule has 0 radical (unpaired) electrons. The van der Waals surface area contributed by atoms with Crippen LogP contribution in [0.2, 0.25) is 0 Å². The molecule has 1 aromatic carbocycles. The van der Waals surface area contributed by atoms with Crippen LogP contribution in [0.25, 0.3) is 22.2 Å². The Morgan fingerprint density at radius 2 is 1.73 bits per heavy atom. The Kier molecular flexibility index (Phi) is 5.48. The highest BCUT2D eigenvalue weighted by atomic mass is 16.2. The van der Waals surface area contributed by atoms with Gasteiger partial charge in [0.05, 0.1) is 0 Å². The van der Waals surface area contributed by atoms with E-state index in [1.165, 1.54) is 0 Å². The van der Waals surface area contributed by atoms with Crippen molar-refractivity contribution in [3.05, 3.63) is 78.9 Å². The number of hydrogen-bond acceptors (Lipinski definition) is 5. The second-order valence-corrected chi connectivity index (χ2v) is 8.04. The van der Waals surface area contributed by atoms with Crippen molar-refractivity contribution in [3.63, 3.8) is 0 Å². The summed E-state index contributed by atoms with van der Waals surface area (Å²) in [6.07, 6.45) is 5.34. The fourth-order valence-corrected chi connectivity index (χ4v) is 4.28. The largest absolute Gasteiger partial charge is 0.367 e. The van der Waals surface area contributed by atoms with Crippen LogP contribution >= 0.6 is 0 Å². The zero-order valence-corrected chi connectivity index (χ0v) is 18.1. The number of aromatic nitrogens is 3. The summed E-state index contributed by atoms with van der Waals surface area (Å²) < 4.78 is 1.90. The fraction of sp³-hybridized carbons (Fsp3) is 0.200. The van der Waals surface area contributed by atoms with Crippen molar-refractivity contribution in [2.24, 2.45) is 5.73 Å². The van der Waals surface area contributed by atoms with Crippen LogP contribution in [0.5, 0.6) is 0 Å². The molecule has 0 aliphatic carbocycles. The van der Waals surface area contributed by atoms with Crippen molar-refractivity contribution in [1.29, 1.82) is 0 Å². The molecular weight excluding hydrogens is 416 g/mol. The van der Waals surface area contributed by atoms with E-state index in [4.69, 9.17) is 5.73 Å². The Morgan fingerprint density at radius 1 is 0.909 bits per heavy atom. The minimum atomic E-state index is -0.542. The minimum Gasteiger partial charge on any atom is -0.367 e. The predicted molar refractivity (Wildman–Crippen MR) is 127 cm³/mol. The van der Waals surface area contributed by atoms with Gasteiger partial charge in [-0.25, -0.2) is 4.98 Å². The van der Waals surface area contributed by atoms with E-state index in [-0.39, 0.29) is 18.1 Å². The Hall–Kier alpha value is -4.20. The lowest BCUT2D eigenvalue weighted by atomic mass is 10.0. The monoisotopic (exact) mass is 440 g/mol. The van der Waals surface area contributed by atoms with Crippen molar-refractivity contribution in [2.45, 2.75) is 6.54 Å². The van der Waals surface area contributed by atoms with Crippen LogP contribution in [0.15, 0.2) is 73.2 Å². The van der Waals surface area contributed by atoms with E-state index in [0.29, 0.717) is 13.1 Å². The summed E-state index contributed by atoms with van der Waals surface area (Å²) >= 11 is 0. The van der Waals surface area contributed by atoms with Gasteiger partial charge in [-0.2, -0.15) is 0 Å². The molecule has 3 aromatic heterocycles. The third kappa shape index (κ3) is 4.15. The van der Waals surface area contributed by atoms with E-state index in [0.717, 1.165) is 40.9 Å². The number of piperazine rings is 1. The molecule has 4 aromatic rings.